The van der Waals surface area contributed by atoms with Crippen molar-refractivity contribution in [3.8, 4) is 0 Å². The predicted octanol–water partition coefficient (Wildman–Crippen LogP) is 3.15. The molecule has 0 amide bonds. The topological polar surface area (TPSA) is 48.4 Å². The Morgan fingerprint density at radius 3 is 2.42 bits per heavy atom. The molecule has 1 aromatic carbocycles. The van der Waals surface area contributed by atoms with Gasteiger partial charge in [0.15, 0.2) is 0 Å². The van der Waals surface area contributed by atoms with E-state index in [9.17, 15) is 4.57 Å². The molecule has 0 saturated heterocycles. The minimum atomic E-state index is -3.28. The van der Waals surface area contributed by atoms with Crippen LogP contribution in [0.4, 0.5) is 0 Å². The number of hydrogen-bond donors (Lipinski definition) is 0. The summed E-state index contributed by atoms with van der Waals surface area (Å²) in [5, 5.41) is 0.563. The largest absolute Gasteiger partial charge is 0.361 e. The van der Waals surface area contributed by atoms with Crippen LogP contribution < -0.4 is 5.30 Å². The molecular formula is C14H16NO3P. The van der Waals surface area contributed by atoms with E-state index in [1.807, 2.05) is 36.4 Å². The minimum Gasteiger partial charge on any atom is -0.305 e. The molecular weight excluding hydrogens is 261 g/mol. The molecule has 0 spiro atoms. The molecule has 4 nitrogen and oxygen atoms in total. The fourth-order valence-electron chi connectivity index (χ4n) is 1.60. The maximum absolute atomic E-state index is 12.7. The molecule has 1 unspecified atom stereocenters. The average Bonchev–Trinajstić information content (AvgIpc) is 2.48. The summed E-state index contributed by atoms with van der Waals surface area (Å²) >= 11 is 0. The second-order valence-corrected chi connectivity index (χ2v) is 5.87. The zero-order chi connectivity index (χ0) is 13.6. The fourth-order valence-corrected chi connectivity index (χ4v) is 3.15. The van der Waals surface area contributed by atoms with E-state index < -0.39 is 7.60 Å². The smallest absolute Gasteiger partial charge is 0.305 e. The Morgan fingerprint density at radius 2 is 1.79 bits per heavy atom. The van der Waals surface area contributed by atoms with Gasteiger partial charge < -0.3 is 4.52 Å². The van der Waals surface area contributed by atoms with Crippen molar-refractivity contribution >= 4 is 12.9 Å². The summed E-state index contributed by atoms with van der Waals surface area (Å²) in [7, 11) is -3.28. The van der Waals surface area contributed by atoms with Crippen molar-refractivity contribution in [2.75, 3.05) is 6.61 Å². The van der Waals surface area contributed by atoms with Gasteiger partial charge in [0.05, 0.1) is 24.2 Å². The molecule has 100 valence electrons. The van der Waals surface area contributed by atoms with Crippen LogP contribution in [-0.2, 0) is 20.2 Å². The molecule has 1 atom stereocenters. The summed E-state index contributed by atoms with van der Waals surface area (Å²) in [6.07, 6.45) is 1.67. The van der Waals surface area contributed by atoms with E-state index >= 15 is 0 Å². The Hall–Kier alpha value is -1.48. The second-order valence-electron chi connectivity index (χ2n) is 3.85. The Morgan fingerprint density at radius 1 is 1.05 bits per heavy atom. The van der Waals surface area contributed by atoms with Crippen LogP contribution in [0.25, 0.3) is 0 Å². The molecule has 1 aromatic heterocycles. The van der Waals surface area contributed by atoms with E-state index in [1.54, 1.807) is 25.3 Å². The Bertz CT molecular complexity index is 545. The van der Waals surface area contributed by atoms with E-state index in [-0.39, 0.29) is 6.61 Å². The summed E-state index contributed by atoms with van der Waals surface area (Å²) in [6.45, 7) is 2.28. The first-order valence-electron chi connectivity index (χ1n) is 6.09. The molecule has 0 aliphatic carbocycles. The van der Waals surface area contributed by atoms with Crippen molar-refractivity contribution in [2.45, 2.75) is 13.5 Å². The van der Waals surface area contributed by atoms with Crippen LogP contribution in [0.2, 0.25) is 0 Å². The molecule has 2 aromatic rings. The third-order valence-electron chi connectivity index (χ3n) is 2.48. The van der Waals surface area contributed by atoms with Crippen LogP contribution in [0.1, 0.15) is 12.6 Å². The molecule has 2 rings (SSSR count). The average molecular weight is 277 g/mol. The molecule has 19 heavy (non-hydrogen) atoms. The Labute approximate surface area is 112 Å². The van der Waals surface area contributed by atoms with E-state index in [1.165, 1.54) is 0 Å². The minimum absolute atomic E-state index is 0.160. The van der Waals surface area contributed by atoms with Gasteiger partial charge >= 0.3 is 7.60 Å². The van der Waals surface area contributed by atoms with Crippen molar-refractivity contribution in [3.63, 3.8) is 0 Å². The van der Waals surface area contributed by atoms with Gasteiger partial charge in [0.2, 0.25) is 0 Å². The molecule has 0 fully saturated rings. The molecule has 0 aliphatic rings. The summed E-state index contributed by atoms with van der Waals surface area (Å²) < 4.78 is 23.6. The SMILES string of the molecule is CCOP(=O)(OCc1ccccn1)c1ccccc1. The van der Waals surface area contributed by atoms with Crippen LogP contribution in [0.5, 0.6) is 0 Å². The number of nitrogens with zero attached hydrogens (tertiary/aromatic N) is 1. The van der Waals surface area contributed by atoms with Gasteiger partial charge in [-0.05, 0) is 31.2 Å². The van der Waals surface area contributed by atoms with E-state index in [2.05, 4.69) is 4.98 Å². The van der Waals surface area contributed by atoms with Crippen LogP contribution in [0.15, 0.2) is 54.7 Å². The van der Waals surface area contributed by atoms with E-state index in [0.717, 1.165) is 5.69 Å². The predicted molar refractivity (Wildman–Crippen MR) is 74.3 cm³/mol. The molecule has 1 heterocycles. The molecule has 0 aliphatic heterocycles. The molecule has 0 radical (unpaired) electrons. The molecule has 0 bridgehead atoms. The van der Waals surface area contributed by atoms with Crippen LogP contribution in [-0.4, -0.2) is 11.6 Å². The highest BCUT2D eigenvalue weighted by Gasteiger charge is 2.26. The van der Waals surface area contributed by atoms with Gasteiger partial charge in [-0.25, -0.2) is 0 Å². The summed E-state index contributed by atoms with van der Waals surface area (Å²) in [4.78, 5) is 4.13. The highest BCUT2D eigenvalue weighted by Crippen LogP contribution is 2.47. The monoisotopic (exact) mass is 277 g/mol. The van der Waals surface area contributed by atoms with Crippen molar-refractivity contribution in [1.29, 1.82) is 0 Å². The lowest BCUT2D eigenvalue weighted by Gasteiger charge is -2.17. The first-order chi connectivity index (χ1) is 9.24. The van der Waals surface area contributed by atoms with Gasteiger partial charge in [-0.15, -0.1) is 0 Å². The lowest BCUT2D eigenvalue weighted by atomic mass is 10.4. The maximum Gasteiger partial charge on any atom is 0.361 e. The van der Waals surface area contributed by atoms with E-state index in [0.29, 0.717) is 11.9 Å². The van der Waals surface area contributed by atoms with Crippen molar-refractivity contribution in [2.24, 2.45) is 0 Å². The quantitative estimate of drug-likeness (QED) is 0.761. The standard InChI is InChI=1S/C14H16NO3P/c1-2-17-19(16,14-9-4-3-5-10-14)18-12-13-8-6-7-11-15-13/h3-11H,2,12H2,1H3. The first kappa shape index (κ1) is 13.9. The zero-order valence-electron chi connectivity index (χ0n) is 10.7. The van der Waals surface area contributed by atoms with E-state index in [4.69, 9.17) is 9.05 Å². The summed E-state index contributed by atoms with van der Waals surface area (Å²) in [6, 6.07) is 14.5. The number of benzene rings is 1. The third kappa shape index (κ3) is 3.74. The fraction of sp³-hybridized carbons (Fsp3) is 0.214. The van der Waals surface area contributed by atoms with Crippen LogP contribution in [0, 0.1) is 0 Å². The summed E-state index contributed by atoms with van der Waals surface area (Å²) in [5.74, 6) is 0. The lowest BCUT2D eigenvalue weighted by molar-refractivity contribution is 0.212. The van der Waals surface area contributed by atoms with Gasteiger partial charge in [-0.3, -0.25) is 14.1 Å². The number of pyridine rings is 1. The second kappa shape index (κ2) is 6.62. The summed E-state index contributed by atoms with van der Waals surface area (Å²) in [5.41, 5.74) is 0.721. The zero-order valence-corrected chi connectivity index (χ0v) is 11.6. The normalized spacial score (nSPS) is 13.9. The first-order valence-corrected chi connectivity index (χ1v) is 7.63. The van der Waals surface area contributed by atoms with Gasteiger partial charge in [0.1, 0.15) is 0 Å². The molecule has 5 heteroatoms. The van der Waals surface area contributed by atoms with Gasteiger partial charge in [0, 0.05) is 6.20 Å². The highest BCUT2D eigenvalue weighted by atomic mass is 31.2. The van der Waals surface area contributed by atoms with Crippen LogP contribution in [0.3, 0.4) is 0 Å². The lowest BCUT2D eigenvalue weighted by Crippen LogP contribution is -2.10. The molecule has 0 N–H and O–H groups in total. The van der Waals surface area contributed by atoms with Gasteiger partial charge in [-0.2, -0.15) is 0 Å². The van der Waals surface area contributed by atoms with Gasteiger partial charge in [-0.1, -0.05) is 24.3 Å². The van der Waals surface area contributed by atoms with Crippen molar-refractivity contribution < 1.29 is 13.6 Å². The Balaban J connectivity index is 2.14. The number of hydrogen-bond acceptors (Lipinski definition) is 4. The number of rotatable bonds is 6. The maximum atomic E-state index is 12.7. The van der Waals surface area contributed by atoms with Crippen LogP contribution >= 0.6 is 7.60 Å². The Kier molecular flexibility index (Phi) is 4.86. The van der Waals surface area contributed by atoms with Crippen molar-refractivity contribution in [3.05, 3.63) is 60.4 Å². The molecule has 0 saturated carbocycles. The highest BCUT2D eigenvalue weighted by molar-refractivity contribution is 7.62. The third-order valence-corrected chi connectivity index (χ3v) is 4.48. The number of aromatic nitrogens is 1. The van der Waals surface area contributed by atoms with Gasteiger partial charge in [0.25, 0.3) is 0 Å². The van der Waals surface area contributed by atoms with Crippen molar-refractivity contribution in [1.82, 2.24) is 4.98 Å².